The highest BCUT2D eigenvalue weighted by Gasteiger charge is 2.11. The van der Waals surface area contributed by atoms with Crippen LogP contribution in [0.4, 0.5) is 0 Å². The Morgan fingerprint density at radius 2 is 2.05 bits per heavy atom. The highest BCUT2D eigenvalue weighted by Crippen LogP contribution is 2.32. The number of rotatable bonds is 4. The third-order valence-electron chi connectivity index (χ3n) is 3.01. The molecule has 2 rings (SSSR count). The van der Waals surface area contributed by atoms with Gasteiger partial charge in [0.05, 0.1) is 0 Å². The van der Waals surface area contributed by atoms with Crippen molar-refractivity contribution in [3.63, 3.8) is 0 Å². The number of amides is 1. The van der Waals surface area contributed by atoms with Crippen molar-refractivity contribution in [2.45, 2.75) is 19.8 Å². The number of halogens is 1. The molecule has 110 valence electrons. The van der Waals surface area contributed by atoms with E-state index in [9.17, 15) is 4.79 Å². The molecule has 0 aliphatic carbocycles. The number of hydrogen-bond acceptors (Lipinski definition) is 3. The second-order valence-electron chi connectivity index (χ2n) is 4.89. The van der Waals surface area contributed by atoms with Gasteiger partial charge in [0.2, 0.25) is 0 Å². The van der Waals surface area contributed by atoms with E-state index in [1.165, 1.54) is 0 Å². The van der Waals surface area contributed by atoms with Crippen LogP contribution in [-0.4, -0.2) is 17.9 Å². The number of nitrogens with zero attached hydrogens (tertiary/aromatic N) is 1. The normalized spacial score (nSPS) is 10.5. The summed E-state index contributed by atoms with van der Waals surface area (Å²) in [7, 11) is 1.57. The minimum absolute atomic E-state index is 0.236. The number of carbonyl (C=O) groups excluding carboxylic acids is 1. The van der Waals surface area contributed by atoms with Gasteiger partial charge < -0.3 is 10.1 Å². The minimum atomic E-state index is -0.236. The molecule has 1 heterocycles. The molecule has 1 amide bonds. The summed E-state index contributed by atoms with van der Waals surface area (Å²) < 4.78 is 6.93. The van der Waals surface area contributed by atoms with E-state index in [0.717, 1.165) is 15.8 Å². The van der Waals surface area contributed by atoms with Crippen LogP contribution in [0.1, 0.15) is 35.8 Å². The summed E-state index contributed by atoms with van der Waals surface area (Å²) in [5, 5.41) is 2.55. The second kappa shape index (κ2) is 6.72. The van der Waals surface area contributed by atoms with Crippen molar-refractivity contribution in [1.29, 1.82) is 0 Å². The van der Waals surface area contributed by atoms with E-state index in [1.54, 1.807) is 25.4 Å². The monoisotopic (exact) mass is 348 g/mol. The zero-order valence-corrected chi connectivity index (χ0v) is 13.8. The quantitative estimate of drug-likeness (QED) is 0.903. The van der Waals surface area contributed by atoms with Gasteiger partial charge in [-0.3, -0.25) is 9.78 Å². The first kappa shape index (κ1) is 15.5. The Kier molecular flexibility index (Phi) is 4.96. The molecular weight excluding hydrogens is 332 g/mol. The molecule has 1 N–H and O–H groups in total. The van der Waals surface area contributed by atoms with E-state index in [2.05, 4.69) is 40.1 Å². The van der Waals surface area contributed by atoms with Crippen LogP contribution in [0, 0.1) is 0 Å². The standard InChI is InChI=1S/C16H17BrN2O2/c1-10(2)13-8-11(17)4-5-15(13)21-12-6-7-19-14(9-12)16(20)18-3/h4-10H,1-3H3,(H,18,20). The molecule has 5 heteroatoms. The lowest BCUT2D eigenvalue weighted by Crippen LogP contribution is -2.18. The van der Waals surface area contributed by atoms with Gasteiger partial charge >= 0.3 is 0 Å². The average molecular weight is 349 g/mol. The first-order chi connectivity index (χ1) is 10.0. The number of benzene rings is 1. The maximum atomic E-state index is 11.6. The highest BCUT2D eigenvalue weighted by molar-refractivity contribution is 9.10. The first-order valence-corrected chi connectivity index (χ1v) is 7.46. The molecule has 0 unspecified atom stereocenters. The van der Waals surface area contributed by atoms with Gasteiger partial charge in [0.1, 0.15) is 17.2 Å². The van der Waals surface area contributed by atoms with Gasteiger partial charge in [-0.05, 0) is 35.7 Å². The van der Waals surface area contributed by atoms with Crippen LogP contribution in [0.5, 0.6) is 11.5 Å². The predicted molar refractivity (Wildman–Crippen MR) is 85.9 cm³/mol. The summed E-state index contributed by atoms with van der Waals surface area (Å²) in [6.07, 6.45) is 1.56. The Morgan fingerprint density at radius 1 is 1.29 bits per heavy atom. The van der Waals surface area contributed by atoms with Gasteiger partial charge in [-0.1, -0.05) is 29.8 Å². The fourth-order valence-electron chi connectivity index (χ4n) is 1.92. The highest BCUT2D eigenvalue weighted by atomic mass is 79.9. The van der Waals surface area contributed by atoms with Crippen molar-refractivity contribution in [2.75, 3.05) is 7.05 Å². The maximum absolute atomic E-state index is 11.6. The summed E-state index contributed by atoms with van der Waals surface area (Å²) >= 11 is 3.47. The lowest BCUT2D eigenvalue weighted by molar-refractivity contribution is 0.0958. The molecule has 0 aliphatic rings. The zero-order chi connectivity index (χ0) is 15.4. The average Bonchev–Trinajstić information content (AvgIpc) is 2.48. The van der Waals surface area contributed by atoms with Gasteiger partial charge in [0, 0.05) is 23.8 Å². The van der Waals surface area contributed by atoms with Crippen molar-refractivity contribution >= 4 is 21.8 Å². The summed E-state index contributed by atoms with van der Waals surface area (Å²) in [5.74, 6) is 1.47. The maximum Gasteiger partial charge on any atom is 0.269 e. The molecule has 1 aromatic heterocycles. The Morgan fingerprint density at radius 3 is 2.71 bits per heavy atom. The van der Waals surface area contributed by atoms with Crippen molar-refractivity contribution in [1.82, 2.24) is 10.3 Å². The van der Waals surface area contributed by atoms with Crippen LogP contribution in [-0.2, 0) is 0 Å². The van der Waals surface area contributed by atoms with Crippen molar-refractivity contribution in [3.05, 3.63) is 52.3 Å². The van der Waals surface area contributed by atoms with Crippen LogP contribution < -0.4 is 10.1 Å². The summed E-state index contributed by atoms with van der Waals surface area (Å²) in [5.41, 5.74) is 1.43. The lowest BCUT2D eigenvalue weighted by Gasteiger charge is -2.14. The van der Waals surface area contributed by atoms with Crippen molar-refractivity contribution < 1.29 is 9.53 Å². The first-order valence-electron chi connectivity index (χ1n) is 6.66. The van der Waals surface area contributed by atoms with Gasteiger partial charge in [-0.15, -0.1) is 0 Å². The molecular formula is C16H17BrN2O2. The smallest absolute Gasteiger partial charge is 0.269 e. The van der Waals surface area contributed by atoms with Gasteiger partial charge in [-0.2, -0.15) is 0 Å². The van der Waals surface area contributed by atoms with Crippen LogP contribution >= 0.6 is 15.9 Å². The zero-order valence-electron chi connectivity index (χ0n) is 12.2. The molecule has 4 nitrogen and oxygen atoms in total. The number of pyridine rings is 1. The molecule has 0 fully saturated rings. The Balaban J connectivity index is 2.32. The second-order valence-corrected chi connectivity index (χ2v) is 5.81. The largest absolute Gasteiger partial charge is 0.457 e. The summed E-state index contributed by atoms with van der Waals surface area (Å²) in [6.45, 7) is 4.22. The van der Waals surface area contributed by atoms with E-state index in [1.807, 2.05) is 18.2 Å². The Bertz CT molecular complexity index is 656. The fourth-order valence-corrected chi connectivity index (χ4v) is 2.30. The van der Waals surface area contributed by atoms with Gasteiger partial charge in [0.25, 0.3) is 5.91 Å². The van der Waals surface area contributed by atoms with Crippen molar-refractivity contribution in [3.8, 4) is 11.5 Å². The molecule has 0 saturated heterocycles. The SMILES string of the molecule is CNC(=O)c1cc(Oc2ccc(Br)cc2C(C)C)ccn1. The topological polar surface area (TPSA) is 51.2 Å². The van der Waals surface area contributed by atoms with E-state index in [4.69, 9.17) is 4.74 Å². The molecule has 0 atom stereocenters. The van der Waals surface area contributed by atoms with Gasteiger partial charge in [-0.25, -0.2) is 0 Å². The molecule has 0 bridgehead atoms. The minimum Gasteiger partial charge on any atom is -0.457 e. The Labute approximate surface area is 132 Å². The fraction of sp³-hybridized carbons (Fsp3) is 0.250. The number of carbonyl (C=O) groups is 1. The van der Waals surface area contributed by atoms with Crippen LogP contribution in [0.2, 0.25) is 0 Å². The molecule has 1 aromatic carbocycles. The number of hydrogen-bond donors (Lipinski definition) is 1. The molecule has 0 spiro atoms. The molecule has 0 radical (unpaired) electrons. The third kappa shape index (κ3) is 3.82. The van der Waals surface area contributed by atoms with Crippen molar-refractivity contribution in [2.24, 2.45) is 0 Å². The van der Waals surface area contributed by atoms with Crippen LogP contribution in [0.3, 0.4) is 0 Å². The molecule has 2 aromatic rings. The van der Waals surface area contributed by atoms with E-state index < -0.39 is 0 Å². The van der Waals surface area contributed by atoms with E-state index in [-0.39, 0.29) is 5.91 Å². The number of aromatic nitrogens is 1. The summed E-state index contributed by atoms with van der Waals surface area (Å²) in [6, 6.07) is 9.26. The number of nitrogens with one attached hydrogen (secondary N) is 1. The summed E-state index contributed by atoms with van der Waals surface area (Å²) in [4.78, 5) is 15.6. The van der Waals surface area contributed by atoms with Crippen LogP contribution in [0.15, 0.2) is 41.0 Å². The number of ether oxygens (including phenoxy) is 1. The van der Waals surface area contributed by atoms with E-state index >= 15 is 0 Å². The molecule has 0 aliphatic heterocycles. The van der Waals surface area contributed by atoms with Crippen LogP contribution in [0.25, 0.3) is 0 Å². The predicted octanol–water partition coefficient (Wildman–Crippen LogP) is 4.12. The van der Waals surface area contributed by atoms with E-state index in [0.29, 0.717) is 17.4 Å². The Hall–Kier alpha value is -1.88. The molecule has 0 saturated carbocycles. The third-order valence-corrected chi connectivity index (χ3v) is 3.51. The van der Waals surface area contributed by atoms with Gasteiger partial charge in [0.15, 0.2) is 0 Å². The molecule has 21 heavy (non-hydrogen) atoms. The lowest BCUT2D eigenvalue weighted by atomic mass is 10.0.